The highest BCUT2D eigenvalue weighted by Gasteiger charge is 2.21. The number of hydrogen-bond acceptors (Lipinski definition) is 6. The van der Waals surface area contributed by atoms with Gasteiger partial charge in [-0.15, -0.1) is 0 Å². The number of ether oxygens (including phenoxy) is 1. The molecule has 6 nitrogen and oxygen atoms in total. The van der Waals surface area contributed by atoms with E-state index in [1.807, 2.05) is 20.8 Å². The molecule has 1 amide bonds. The fraction of sp³-hybridized carbons (Fsp3) is 0.636. The van der Waals surface area contributed by atoms with E-state index in [0.29, 0.717) is 16.6 Å². The number of thiazole rings is 1. The van der Waals surface area contributed by atoms with Gasteiger partial charge in [-0.2, -0.15) is 0 Å². The monoisotopic (exact) mass is 272 g/mol. The maximum Gasteiger partial charge on any atom is 0.265 e. The number of aromatic nitrogens is 1. The summed E-state index contributed by atoms with van der Waals surface area (Å²) >= 11 is 1.25. The molecule has 0 fully saturated rings. The second-order valence-corrected chi connectivity index (χ2v) is 5.41. The molecule has 1 heterocycles. The van der Waals surface area contributed by atoms with Crippen LogP contribution in [0.5, 0.6) is 0 Å². The Hall–Kier alpha value is -1.34. The van der Waals surface area contributed by atoms with Crippen LogP contribution >= 0.6 is 11.3 Å². The maximum atomic E-state index is 11.9. The molecule has 18 heavy (non-hydrogen) atoms. The lowest BCUT2D eigenvalue weighted by molar-refractivity contribution is 0.0229. The molecule has 1 aromatic rings. The number of nitrogens with zero attached hydrogens (tertiary/aromatic N) is 1. The maximum absolute atomic E-state index is 11.9. The predicted molar refractivity (Wildman–Crippen MR) is 74.1 cm³/mol. The number of hydrogen-bond donors (Lipinski definition) is 3. The molecule has 0 radical (unpaired) electrons. The Bertz CT molecular complexity index is 417. The molecule has 0 spiro atoms. The molecule has 0 saturated carbocycles. The summed E-state index contributed by atoms with van der Waals surface area (Å²) in [4.78, 5) is 16.4. The molecule has 4 N–H and O–H groups in total. The fourth-order valence-electron chi connectivity index (χ4n) is 1.17. The van der Waals surface area contributed by atoms with Gasteiger partial charge in [0, 0.05) is 20.2 Å². The summed E-state index contributed by atoms with van der Waals surface area (Å²) in [7, 11) is 1.61. The van der Waals surface area contributed by atoms with Gasteiger partial charge in [0.15, 0.2) is 5.13 Å². The summed E-state index contributed by atoms with van der Waals surface area (Å²) in [6, 6.07) is 0. The van der Waals surface area contributed by atoms with Crippen LogP contribution in [0, 0.1) is 0 Å². The summed E-state index contributed by atoms with van der Waals surface area (Å²) in [5.74, 6) is 0.0305. The number of nitrogens with one attached hydrogen (secondary N) is 2. The number of nitrogens with two attached hydrogens (primary N) is 1. The van der Waals surface area contributed by atoms with Gasteiger partial charge in [0.05, 0.1) is 5.60 Å². The summed E-state index contributed by atoms with van der Waals surface area (Å²) in [5, 5.41) is 6.47. The van der Waals surface area contributed by atoms with Crippen molar-refractivity contribution in [3.05, 3.63) is 4.88 Å². The lowest BCUT2D eigenvalue weighted by Crippen LogP contribution is -2.39. The van der Waals surface area contributed by atoms with E-state index < -0.39 is 5.60 Å². The minimum atomic E-state index is -0.403. The molecular formula is C11H20N4O2S. The molecule has 0 aliphatic rings. The van der Waals surface area contributed by atoms with E-state index in [1.54, 1.807) is 7.11 Å². The number of nitrogen functional groups attached to an aromatic ring is 1. The normalized spacial score (nSPS) is 11.3. The van der Waals surface area contributed by atoms with Crippen LogP contribution in [0.2, 0.25) is 0 Å². The van der Waals surface area contributed by atoms with Gasteiger partial charge >= 0.3 is 0 Å². The van der Waals surface area contributed by atoms with E-state index in [9.17, 15) is 4.79 Å². The van der Waals surface area contributed by atoms with Gasteiger partial charge in [-0.05, 0) is 20.8 Å². The molecule has 0 aliphatic carbocycles. The number of anilines is 2. The van der Waals surface area contributed by atoms with Gasteiger partial charge in [-0.3, -0.25) is 4.79 Å². The van der Waals surface area contributed by atoms with Crippen molar-refractivity contribution in [1.29, 1.82) is 0 Å². The van der Waals surface area contributed by atoms with Crippen molar-refractivity contribution < 1.29 is 9.53 Å². The molecule has 1 aromatic heterocycles. The van der Waals surface area contributed by atoms with Gasteiger partial charge < -0.3 is 21.1 Å². The Morgan fingerprint density at radius 1 is 1.56 bits per heavy atom. The van der Waals surface area contributed by atoms with Crippen LogP contribution in [0.3, 0.4) is 0 Å². The van der Waals surface area contributed by atoms with Crippen LogP contribution in [0.1, 0.15) is 30.4 Å². The van der Waals surface area contributed by atoms with Gasteiger partial charge in [-0.1, -0.05) is 11.3 Å². The second-order valence-electron chi connectivity index (χ2n) is 4.41. The Balaban J connectivity index is 2.67. The van der Waals surface area contributed by atoms with Crippen LogP contribution in [0.4, 0.5) is 10.9 Å². The molecule has 0 bridgehead atoms. The van der Waals surface area contributed by atoms with E-state index in [-0.39, 0.29) is 11.7 Å². The van der Waals surface area contributed by atoms with E-state index in [0.717, 1.165) is 6.54 Å². The third kappa shape index (κ3) is 3.85. The molecule has 0 aromatic carbocycles. The van der Waals surface area contributed by atoms with Crippen molar-refractivity contribution in [1.82, 2.24) is 10.3 Å². The Morgan fingerprint density at radius 2 is 2.22 bits per heavy atom. The zero-order chi connectivity index (χ0) is 13.8. The van der Waals surface area contributed by atoms with Gasteiger partial charge in [0.25, 0.3) is 5.91 Å². The molecule has 0 saturated heterocycles. The van der Waals surface area contributed by atoms with Gasteiger partial charge in [-0.25, -0.2) is 4.98 Å². The smallest absolute Gasteiger partial charge is 0.265 e. The molecule has 0 unspecified atom stereocenters. The average molecular weight is 272 g/mol. The van der Waals surface area contributed by atoms with E-state index in [4.69, 9.17) is 10.5 Å². The Kier molecular flexibility index (Phi) is 4.92. The van der Waals surface area contributed by atoms with Crippen LogP contribution < -0.4 is 16.4 Å². The minimum Gasteiger partial charge on any atom is -0.382 e. The third-order valence-corrected chi connectivity index (χ3v) is 3.44. The number of amides is 1. The van der Waals surface area contributed by atoms with Crippen molar-refractivity contribution in [3.63, 3.8) is 0 Å². The number of carbonyl (C=O) groups excluding carboxylic acids is 1. The number of methoxy groups -OCH3 is 1. The van der Waals surface area contributed by atoms with Gasteiger partial charge in [0.2, 0.25) is 0 Å². The average Bonchev–Trinajstić information content (AvgIpc) is 2.68. The van der Waals surface area contributed by atoms with E-state index in [1.165, 1.54) is 11.3 Å². The van der Waals surface area contributed by atoms with Crippen molar-refractivity contribution in [2.45, 2.75) is 26.4 Å². The van der Waals surface area contributed by atoms with Crippen molar-refractivity contribution >= 4 is 28.2 Å². The first-order valence-electron chi connectivity index (χ1n) is 5.73. The van der Waals surface area contributed by atoms with E-state index in [2.05, 4.69) is 15.6 Å². The SMILES string of the molecule is CCNc1nc(N)c(C(=O)NCC(C)(C)OC)s1. The molecule has 1 rings (SSSR count). The van der Waals surface area contributed by atoms with Crippen LogP contribution in [0.15, 0.2) is 0 Å². The summed E-state index contributed by atoms with van der Waals surface area (Å²) < 4.78 is 5.23. The van der Waals surface area contributed by atoms with Crippen LogP contribution in [-0.4, -0.2) is 36.7 Å². The minimum absolute atomic E-state index is 0.223. The fourth-order valence-corrected chi connectivity index (χ4v) is 2.04. The van der Waals surface area contributed by atoms with Crippen LogP contribution in [0.25, 0.3) is 0 Å². The molecule has 7 heteroatoms. The van der Waals surface area contributed by atoms with Crippen LogP contribution in [-0.2, 0) is 4.74 Å². The highest BCUT2D eigenvalue weighted by molar-refractivity contribution is 7.18. The Labute approximate surface area is 111 Å². The molecule has 0 atom stereocenters. The van der Waals surface area contributed by atoms with Crippen molar-refractivity contribution in [3.8, 4) is 0 Å². The molecule has 0 aliphatic heterocycles. The summed E-state index contributed by atoms with van der Waals surface area (Å²) in [5.41, 5.74) is 5.31. The third-order valence-electron chi connectivity index (χ3n) is 2.41. The number of carbonyl (C=O) groups is 1. The highest BCUT2D eigenvalue weighted by Crippen LogP contribution is 2.24. The van der Waals surface area contributed by atoms with E-state index >= 15 is 0 Å². The van der Waals surface area contributed by atoms with Gasteiger partial charge in [0.1, 0.15) is 10.7 Å². The van der Waals surface area contributed by atoms with Crippen molar-refractivity contribution in [2.24, 2.45) is 0 Å². The first kappa shape index (κ1) is 14.7. The lowest BCUT2D eigenvalue weighted by atomic mass is 10.1. The topological polar surface area (TPSA) is 89.3 Å². The first-order valence-corrected chi connectivity index (χ1v) is 6.54. The second kappa shape index (κ2) is 6.01. The predicted octanol–water partition coefficient (Wildman–Crippen LogP) is 1.31. The number of rotatable bonds is 6. The highest BCUT2D eigenvalue weighted by atomic mass is 32.1. The summed E-state index contributed by atoms with van der Waals surface area (Å²) in [6.45, 7) is 6.90. The Morgan fingerprint density at radius 3 is 2.78 bits per heavy atom. The molecular weight excluding hydrogens is 252 g/mol. The lowest BCUT2D eigenvalue weighted by Gasteiger charge is -2.22. The first-order chi connectivity index (χ1) is 8.39. The standard InChI is InChI=1S/C11H20N4O2S/c1-5-13-10-15-8(12)7(18-10)9(16)14-6-11(2,3)17-4/h5-6,12H2,1-4H3,(H,13,15)(H,14,16). The zero-order valence-electron chi connectivity index (χ0n) is 11.2. The quantitative estimate of drug-likeness (QED) is 0.726. The molecule has 102 valence electrons. The van der Waals surface area contributed by atoms with Crippen molar-refractivity contribution in [2.75, 3.05) is 31.2 Å². The largest absolute Gasteiger partial charge is 0.382 e. The zero-order valence-corrected chi connectivity index (χ0v) is 12.0. The summed E-state index contributed by atoms with van der Waals surface area (Å²) in [6.07, 6.45) is 0.